The van der Waals surface area contributed by atoms with Crippen molar-refractivity contribution in [3.05, 3.63) is 118 Å². The van der Waals surface area contributed by atoms with Gasteiger partial charge in [0, 0.05) is 5.56 Å². The van der Waals surface area contributed by atoms with Crippen molar-refractivity contribution in [3.8, 4) is 23.0 Å². The minimum Gasteiger partial charge on any atom is -0.507 e. The summed E-state index contributed by atoms with van der Waals surface area (Å²) in [6.45, 7) is 2.87. The number of hydrogen-bond donors (Lipinski definition) is 9. The van der Waals surface area contributed by atoms with Gasteiger partial charge in [-0.2, -0.15) is 0 Å². The first-order chi connectivity index (χ1) is 26.0. The van der Waals surface area contributed by atoms with Gasteiger partial charge in [0.1, 0.15) is 42.3 Å². The van der Waals surface area contributed by atoms with E-state index in [-0.39, 0.29) is 58.5 Å². The Bertz CT molecular complexity index is 1930. The largest absolute Gasteiger partial charge is 0.507 e. The Morgan fingerprint density at radius 3 is 1.38 bits per heavy atom. The lowest BCUT2D eigenvalue weighted by Crippen LogP contribution is -2.47. The molecule has 4 rings (SSSR count). The van der Waals surface area contributed by atoms with Crippen molar-refractivity contribution < 1.29 is 74.0 Å². The van der Waals surface area contributed by atoms with E-state index in [1.165, 1.54) is 50.2 Å². The summed E-state index contributed by atoms with van der Waals surface area (Å²) in [5, 5.41) is 65.1. The topological polar surface area (TPSA) is 301 Å². The highest BCUT2D eigenvalue weighted by molar-refractivity contribution is 5.96. The average molecular weight is 765 g/mol. The number of ether oxygens (including phenoxy) is 2. The molecule has 0 aliphatic rings. The van der Waals surface area contributed by atoms with Crippen LogP contribution in [0.4, 0.5) is 0 Å². The molecule has 0 radical (unpaired) electrons. The van der Waals surface area contributed by atoms with Crippen LogP contribution in [0.2, 0.25) is 0 Å². The van der Waals surface area contributed by atoms with Crippen molar-refractivity contribution in [2.45, 2.75) is 51.4 Å². The molecule has 1 amide bonds. The number of phenols is 2. The van der Waals surface area contributed by atoms with Crippen LogP contribution in [0.25, 0.3) is 0 Å². The van der Waals surface area contributed by atoms with Gasteiger partial charge in [-0.15, -0.1) is 0 Å². The third kappa shape index (κ3) is 13.9. The van der Waals surface area contributed by atoms with Gasteiger partial charge in [0.2, 0.25) is 0 Å². The average Bonchev–Trinajstić information content (AvgIpc) is 3.15. The Hall–Kier alpha value is -6.82. The summed E-state index contributed by atoms with van der Waals surface area (Å²) >= 11 is 0. The zero-order valence-electron chi connectivity index (χ0n) is 29.4. The molecule has 292 valence electrons. The number of aromatic hydroxyl groups is 2. The number of benzene rings is 4. The van der Waals surface area contributed by atoms with Gasteiger partial charge in [-0.3, -0.25) is 19.2 Å². The van der Waals surface area contributed by atoms with Crippen LogP contribution in [0.15, 0.2) is 84.9 Å². The summed E-state index contributed by atoms with van der Waals surface area (Å²) in [6, 6.07) is 18.9. The predicted molar refractivity (Wildman–Crippen MR) is 193 cm³/mol. The summed E-state index contributed by atoms with van der Waals surface area (Å²) < 4.78 is 11.0. The van der Waals surface area contributed by atoms with Crippen LogP contribution in [-0.2, 0) is 22.8 Å². The van der Waals surface area contributed by atoms with Crippen LogP contribution < -0.4 is 20.5 Å². The molecule has 0 aromatic heterocycles. The number of aliphatic hydroxyl groups is 2. The van der Waals surface area contributed by atoms with Crippen molar-refractivity contribution in [1.82, 2.24) is 5.32 Å². The molecular formula is C38H40N2O15. The summed E-state index contributed by atoms with van der Waals surface area (Å²) in [5.74, 6) is -3.95. The van der Waals surface area contributed by atoms with Crippen LogP contribution >= 0.6 is 0 Å². The van der Waals surface area contributed by atoms with Gasteiger partial charge >= 0.3 is 17.9 Å². The highest BCUT2D eigenvalue weighted by Crippen LogP contribution is 2.27. The van der Waals surface area contributed by atoms with Crippen LogP contribution in [-0.4, -0.2) is 96.4 Å². The van der Waals surface area contributed by atoms with Gasteiger partial charge in [-0.05, 0) is 73.5 Å². The van der Waals surface area contributed by atoms with Crippen LogP contribution in [0.5, 0.6) is 23.0 Å². The van der Waals surface area contributed by atoms with E-state index in [0.29, 0.717) is 18.1 Å². The maximum atomic E-state index is 12.1. The molecule has 0 aliphatic carbocycles. The highest BCUT2D eigenvalue weighted by Gasteiger charge is 2.25. The van der Waals surface area contributed by atoms with Crippen LogP contribution in [0.3, 0.4) is 0 Å². The Balaban J connectivity index is 0.000000326. The summed E-state index contributed by atoms with van der Waals surface area (Å²) in [5.41, 5.74) is 6.91. The SMILES string of the molecule is CC(O)[C@H](N)C(=O)O.CC(O)[C@H](NC(=O)c1ccc(COc2cccc(O)c2C=O)cc1)C(=O)O.O=Cc1c(O)cccc1OCc1ccc(C(=O)O)cc1. The minimum atomic E-state index is -1.41. The number of aromatic carboxylic acids is 1. The fourth-order valence-corrected chi connectivity index (χ4v) is 4.19. The van der Waals surface area contributed by atoms with Crippen molar-refractivity contribution in [1.29, 1.82) is 0 Å². The van der Waals surface area contributed by atoms with E-state index in [0.717, 1.165) is 5.56 Å². The van der Waals surface area contributed by atoms with Gasteiger partial charge < -0.3 is 56.3 Å². The molecule has 0 fully saturated rings. The number of nitrogens with one attached hydrogen (secondary N) is 1. The lowest BCUT2D eigenvalue weighted by Gasteiger charge is -2.17. The Labute approximate surface area is 313 Å². The lowest BCUT2D eigenvalue weighted by atomic mass is 10.1. The summed E-state index contributed by atoms with van der Waals surface area (Å²) in [4.78, 5) is 65.6. The number of amides is 1. The second kappa shape index (κ2) is 21.6. The van der Waals surface area contributed by atoms with E-state index in [1.807, 2.05) is 0 Å². The van der Waals surface area contributed by atoms with Crippen molar-refractivity contribution in [2.24, 2.45) is 5.73 Å². The fraction of sp³-hybridized carbons (Fsp3) is 0.211. The van der Waals surface area contributed by atoms with E-state index in [4.69, 9.17) is 35.6 Å². The smallest absolute Gasteiger partial charge is 0.335 e. The molecule has 0 spiro atoms. The number of rotatable bonds is 15. The minimum absolute atomic E-state index is 0.0475. The number of carbonyl (C=O) groups excluding carboxylic acids is 3. The standard InChI is InChI=1S/C19H19NO7.C15H12O5.C4H9NO3/c1-11(22)17(19(25)26)20-18(24)13-7-5-12(6-8-13)10-27-16-4-2-3-15(23)14(16)9-21;16-8-12-13(17)2-1-3-14(12)20-9-10-4-6-11(7-5-10)15(18)19;1-2(6)3(5)4(7)8/h2-9,11,17,22-23H,10H2,1H3,(H,20,24)(H,25,26);1-8,17H,9H2,(H,18,19);2-3,6H,5H2,1H3,(H,7,8)/t11?,17-;;2?,3-/m0.0/s1. The highest BCUT2D eigenvalue weighted by atomic mass is 16.5. The Morgan fingerprint density at radius 2 is 1.07 bits per heavy atom. The molecule has 4 aromatic rings. The molecule has 17 nitrogen and oxygen atoms in total. The number of aliphatic hydroxyl groups excluding tert-OH is 2. The zero-order chi connectivity index (χ0) is 41.2. The number of phenolic OH excluding ortho intramolecular Hbond substituents is 2. The predicted octanol–water partition coefficient (Wildman–Crippen LogP) is 2.61. The fourth-order valence-electron chi connectivity index (χ4n) is 4.19. The number of hydrogen-bond acceptors (Lipinski definition) is 13. The molecular weight excluding hydrogens is 724 g/mol. The number of carboxylic acids is 3. The van der Waals surface area contributed by atoms with Crippen molar-refractivity contribution >= 4 is 36.4 Å². The third-order valence-corrected chi connectivity index (χ3v) is 7.37. The molecule has 2 unspecified atom stereocenters. The zero-order valence-corrected chi connectivity index (χ0v) is 29.4. The van der Waals surface area contributed by atoms with Gasteiger partial charge in [0.05, 0.1) is 28.9 Å². The first-order valence-electron chi connectivity index (χ1n) is 16.1. The first-order valence-corrected chi connectivity index (χ1v) is 16.1. The van der Waals surface area contributed by atoms with Gasteiger partial charge in [0.25, 0.3) is 5.91 Å². The monoisotopic (exact) mass is 764 g/mol. The maximum absolute atomic E-state index is 12.1. The third-order valence-electron chi connectivity index (χ3n) is 7.37. The molecule has 0 saturated heterocycles. The summed E-state index contributed by atoms with van der Waals surface area (Å²) in [6.07, 6.45) is -1.20. The molecule has 0 saturated carbocycles. The first kappa shape index (κ1) is 44.3. The summed E-state index contributed by atoms with van der Waals surface area (Å²) in [7, 11) is 0. The van der Waals surface area contributed by atoms with E-state index in [9.17, 15) is 44.1 Å². The second-order valence-electron chi connectivity index (χ2n) is 11.5. The van der Waals surface area contributed by atoms with E-state index < -0.39 is 48.1 Å². The van der Waals surface area contributed by atoms with E-state index in [1.54, 1.807) is 48.5 Å². The number of carbonyl (C=O) groups is 6. The number of aliphatic carboxylic acids is 2. The maximum Gasteiger partial charge on any atom is 0.335 e. The van der Waals surface area contributed by atoms with Gasteiger partial charge in [0.15, 0.2) is 18.6 Å². The number of carboxylic acid groups (broad SMARTS) is 3. The van der Waals surface area contributed by atoms with Gasteiger partial charge in [-0.25, -0.2) is 9.59 Å². The molecule has 0 bridgehead atoms. The van der Waals surface area contributed by atoms with Crippen molar-refractivity contribution in [3.63, 3.8) is 0 Å². The lowest BCUT2D eigenvalue weighted by molar-refractivity contribution is -0.142. The number of nitrogens with two attached hydrogens (primary N) is 1. The van der Waals surface area contributed by atoms with Gasteiger partial charge in [-0.1, -0.05) is 36.4 Å². The molecule has 4 aromatic carbocycles. The number of aldehydes is 2. The van der Waals surface area contributed by atoms with E-state index in [2.05, 4.69) is 5.32 Å². The molecule has 10 N–H and O–H groups in total. The molecule has 4 atom stereocenters. The second-order valence-corrected chi connectivity index (χ2v) is 11.5. The Kier molecular flexibility index (Phi) is 17.4. The molecule has 55 heavy (non-hydrogen) atoms. The normalized spacial score (nSPS) is 12.4. The molecule has 0 heterocycles. The molecule has 0 aliphatic heterocycles. The Morgan fingerprint density at radius 1 is 0.655 bits per heavy atom. The van der Waals surface area contributed by atoms with E-state index >= 15 is 0 Å². The van der Waals surface area contributed by atoms with Crippen LogP contribution in [0, 0.1) is 0 Å². The van der Waals surface area contributed by atoms with Crippen molar-refractivity contribution in [2.75, 3.05) is 0 Å². The quantitative estimate of drug-likeness (QED) is 0.0786. The molecule has 17 heteroatoms. The van der Waals surface area contributed by atoms with Crippen LogP contribution in [0.1, 0.15) is 66.4 Å².